The molecule has 0 bridgehead atoms. The van der Waals surface area contributed by atoms with Crippen LogP contribution in [0, 0.1) is 0 Å². The first-order valence-electron chi connectivity index (χ1n) is 11.1. The summed E-state index contributed by atoms with van der Waals surface area (Å²) in [5, 5.41) is 2.62. The highest BCUT2D eigenvalue weighted by Gasteiger charge is 2.13. The van der Waals surface area contributed by atoms with Crippen molar-refractivity contribution in [2.45, 2.75) is 11.4 Å². The summed E-state index contributed by atoms with van der Waals surface area (Å²) in [5.41, 5.74) is 9.32. The first-order valence-corrected chi connectivity index (χ1v) is 15.1. The molecule has 2 aromatic heterocycles. The van der Waals surface area contributed by atoms with Gasteiger partial charge in [-0.1, -0.05) is 41.9 Å². The molecule has 2 heterocycles. The molecular formula is C27H26ClN3O2S3. The number of nitrogens with zero attached hydrogens (tertiary/aromatic N) is 2. The van der Waals surface area contributed by atoms with Crippen LogP contribution in [-0.2, 0) is 16.4 Å². The summed E-state index contributed by atoms with van der Waals surface area (Å²) in [6.45, 7) is 1.39. The Morgan fingerprint density at radius 1 is 1.08 bits per heavy atom. The molecule has 5 nitrogen and oxygen atoms in total. The van der Waals surface area contributed by atoms with Crippen molar-refractivity contribution < 1.29 is 8.42 Å². The molecule has 9 heteroatoms. The second kappa shape index (κ2) is 11.5. The van der Waals surface area contributed by atoms with Gasteiger partial charge in [0.05, 0.1) is 26.2 Å². The van der Waals surface area contributed by atoms with E-state index in [0.717, 1.165) is 21.9 Å². The molecule has 0 saturated heterocycles. The summed E-state index contributed by atoms with van der Waals surface area (Å²) in [6, 6.07) is 22.5. The lowest BCUT2D eigenvalue weighted by atomic mass is 10.2. The Bertz CT molecular complexity index is 1510. The molecule has 36 heavy (non-hydrogen) atoms. The minimum atomic E-state index is -3.30. The number of aliphatic imine (C=N–C) groups is 1. The number of sulfone groups is 1. The molecule has 4 rings (SSSR count). The Balaban J connectivity index is 1.67. The van der Waals surface area contributed by atoms with Gasteiger partial charge < -0.3 is 5.73 Å². The van der Waals surface area contributed by atoms with Gasteiger partial charge in [-0.25, -0.2) is 13.4 Å². The lowest BCUT2D eigenvalue weighted by molar-refractivity contribution is 0.357. The maximum Gasteiger partial charge on any atom is 0.175 e. The SMILES string of the molecule is CN(CC(N)=CC(=Nc1ccccc1Cl)c1ccc(-c2cccc(S(C)(=O)=O)c2)s1)Cc1cccs1. The van der Waals surface area contributed by atoms with E-state index in [4.69, 9.17) is 22.3 Å². The lowest BCUT2D eigenvalue weighted by Crippen LogP contribution is -2.24. The van der Waals surface area contributed by atoms with Gasteiger partial charge in [-0.15, -0.1) is 22.7 Å². The Labute approximate surface area is 225 Å². The van der Waals surface area contributed by atoms with Gasteiger partial charge in [-0.05, 0) is 66.5 Å². The highest BCUT2D eigenvalue weighted by molar-refractivity contribution is 7.90. The lowest BCUT2D eigenvalue weighted by Gasteiger charge is -2.16. The third kappa shape index (κ3) is 6.93. The number of hydrogen-bond donors (Lipinski definition) is 1. The third-order valence-electron chi connectivity index (χ3n) is 5.28. The smallest absolute Gasteiger partial charge is 0.175 e. The van der Waals surface area contributed by atoms with Crippen LogP contribution in [0.5, 0.6) is 0 Å². The average molecular weight is 556 g/mol. The van der Waals surface area contributed by atoms with Crippen molar-refractivity contribution in [3.63, 3.8) is 0 Å². The Morgan fingerprint density at radius 3 is 2.61 bits per heavy atom. The second-order valence-corrected chi connectivity index (χ2v) is 12.9. The molecule has 4 aromatic rings. The fourth-order valence-corrected chi connectivity index (χ4v) is 6.19. The van der Waals surface area contributed by atoms with Gasteiger partial charge in [-0.2, -0.15) is 0 Å². The van der Waals surface area contributed by atoms with Gasteiger partial charge in [-0.3, -0.25) is 4.90 Å². The summed E-state index contributed by atoms with van der Waals surface area (Å²) in [4.78, 5) is 10.4. The van der Waals surface area contributed by atoms with Gasteiger partial charge in [0.15, 0.2) is 9.84 Å². The Hall–Kier alpha value is -2.75. The summed E-state index contributed by atoms with van der Waals surface area (Å²) in [5.74, 6) is 0. The minimum Gasteiger partial charge on any atom is -0.401 e. The summed E-state index contributed by atoms with van der Waals surface area (Å²) < 4.78 is 24.0. The van der Waals surface area contributed by atoms with E-state index in [0.29, 0.717) is 28.7 Å². The zero-order valence-electron chi connectivity index (χ0n) is 19.9. The van der Waals surface area contributed by atoms with Crippen molar-refractivity contribution in [1.29, 1.82) is 0 Å². The molecule has 0 aliphatic rings. The second-order valence-electron chi connectivity index (χ2n) is 8.38. The zero-order chi connectivity index (χ0) is 25.7. The number of allylic oxidation sites excluding steroid dienone is 1. The van der Waals surface area contributed by atoms with Crippen LogP contribution in [0.2, 0.25) is 5.02 Å². The van der Waals surface area contributed by atoms with E-state index in [1.807, 2.05) is 55.6 Å². The fourth-order valence-electron chi connectivity index (χ4n) is 3.60. The van der Waals surface area contributed by atoms with Crippen LogP contribution in [0.25, 0.3) is 10.4 Å². The van der Waals surface area contributed by atoms with Gasteiger partial charge in [0.2, 0.25) is 0 Å². The Kier molecular flexibility index (Phi) is 8.43. The van der Waals surface area contributed by atoms with Crippen molar-refractivity contribution in [1.82, 2.24) is 4.90 Å². The summed E-state index contributed by atoms with van der Waals surface area (Å²) >= 11 is 9.64. The largest absolute Gasteiger partial charge is 0.401 e. The maximum absolute atomic E-state index is 12.0. The number of hydrogen-bond acceptors (Lipinski definition) is 7. The molecule has 0 aliphatic carbocycles. The molecule has 0 amide bonds. The molecule has 186 valence electrons. The number of likely N-dealkylation sites (N-methyl/N-ethyl adjacent to an activating group) is 1. The first kappa shape index (κ1) is 26.3. The number of para-hydroxylation sites is 1. The van der Waals surface area contributed by atoms with Crippen LogP contribution in [0.4, 0.5) is 5.69 Å². The van der Waals surface area contributed by atoms with Crippen LogP contribution >= 0.6 is 34.3 Å². The molecular weight excluding hydrogens is 530 g/mol. The molecule has 2 aromatic carbocycles. The van der Waals surface area contributed by atoms with Crippen LogP contribution < -0.4 is 5.73 Å². The van der Waals surface area contributed by atoms with E-state index in [1.54, 1.807) is 35.6 Å². The molecule has 0 radical (unpaired) electrons. The van der Waals surface area contributed by atoms with E-state index in [2.05, 4.69) is 16.3 Å². The predicted molar refractivity (Wildman–Crippen MR) is 153 cm³/mol. The molecule has 2 N–H and O–H groups in total. The van der Waals surface area contributed by atoms with E-state index in [-0.39, 0.29) is 4.90 Å². The number of rotatable bonds is 9. The van der Waals surface area contributed by atoms with Crippen molar-refractivity contribution in [2.24, 2.45) is 10.7 Å². The number of nitrogens with two attached hydrogens (primary N) is 1. The van der Waals surface area contributed by atoms with Crippen LogP contribution in [-0.4, -0.2) is 38.9 Å². The Morgan fingerprint density at radius 2 is 1.89 bits per heavy atom. The highest BCUT2D eigenvalue weighted by atomic mass is 35.5. The van der Waals surface area contributed by atoms with Gasteiger partial charge >= 0.3 is 0 Å². The predicted octanol–water partition coefficient (Wildman–Crippen LogP) is 6.63. The fraction of sp³-hybridized carbons (Fsp3) is 0.148. The molecule has 0 aliphatic heterocycles. The van der Waals surface area contributed by atoms with Gasteiger partial charge in [0.1, 0.15) is 0 Å². The van der Waals surface area contributed by atoms with E-state index < -0.39 is 9.84 Å². The normalized spacial score (nSPS) is 12.9. The van der Waals surface area contributed by atoms with E-state index >= 15 is 0 Å². The standard InChI is InChI=1S/C27H26ClN3O2S3/c1-31(18-21-8-6-14-34-21)17-20(29)16-25(30-24-11-4-3-10-23(24)28)27-13-12-26(35-27)19-7-5-9-22(15-19)36(2,32)33/h3-16H,17-18,29H2,1-2H3. The average Bonchev–Trinajstić information content (AvgIpc) is 3.52. The monoisotopic (exact) mass is 555 g/mol. The quantitative estimate of drug-likeness (QED) is 0.235. The zero-order valence-corrected chi connectivity index (χ0v) is 23.1. The van der Waals surface area contributed by atoms with E-state index in [9.17, 15) is 8.42 Å². The number of halogens is 1. The van der Waals surface area contributed by atoms with Crippen molar-refractivity contribution >= 4 is 55.5 Å². The number of thiophene rings is 2. The van der Waals surface area contributed by atoms with Crippen molar-refractivity contribution in [2.75, 3.05) is 19.8 Å². The van der Waals surface area contributed by atoms with Gasteiger partial charge in [0.25, 0.3) is 0 Å². The van der Waals surface area contributed by atoms with Crippen LogP contribution in [0.15, 0.2) is 99.8 Å². The third-order valence-corrected chi connectivity index (χ3v) is 8.73. The van der Waals surface area contributed by atoms with Crippen molar-refractivity contribution in [3.05, 3.63) is 105 Å². The molecule has 0 atom stereocenters. The van der Waals surface area contributed by atoms with Gasteiger partial charge in [0, 0.05) is 34.8 Å². The topological polar surface area (TPSA) is 75.8 Å². The molecule has 0 saturated carbocycles. The van der Waals surface area contributed by atoms with Crippen molar-refractivity contribution in [3.8, 4) is 10.4 Å². The highest BCUT2D eigenvalue weighted by Crippen LogP contribution is 2.32. The summed E-state index contributed by atoms with van der Waals surface area (Å²) in [7, 11) is -1.27. The first-order chi connectivity index (χ1) is 17.2. The molecule has 0 spiro atoms. The molecule has 0 fully saturated rings. The maximum atomic E-state index is 12.0. The summed E-state index contributed by atoms with van der Waals surface area (Å²) in [6.07, 6.45) is 3.10. The molecule has 0 unspecified atom stereocenters. The van der Waals surface area contributed by atoms with E-state index in [1.165, 1.54) is 22.5 Å². The number of benzene rings is 2. The van der Waals surface area contributed by atoms with Crippen LogP contribution in [0.1, 0.15) is 9.75 Å². The minimum absolute atomic E-state index is 0.290. The van der Waals surface area contributed by atoms with Crippen LogP contribution in [0.3, 0.4) is 0 Å².